The molecule has 104 valence electrons. The minimum Gasteiger partial charge on any atom is -0.350 e. The van der Waals surface area contributed by atoms with Gasteiger partial charge >= 0.3 is 0 Å². The van der Waals surface area contributed by atoms with Gasteiger partial charge in [0.15, 0.2) is 0 Å². The lowest BCUT2D eigenvalue weighted by Gasteiger charge is -2.57. The maximum Gasteiger partial charge on any atom is 0.223 e. The molecule has 5 aliphatic carbocycles. The third-order valence-corrected chi connectivity index (χ3v) is 6.07. The Bertz CT molecular complexity index is 376. The van der Waals surface area contributed by atoms with E-state index in [1.807, 2.05) is 0 Å². The molecule has 1 unspecified atom stereocenters. The first-order valence-electron chi connectivity index (χ1n) is 8.19. The van der Waals surface area contributed by atoms with Crippen LogP contribution in [-0.2, 0) is 4.79 Å². The number of carbonyl (C=O) groups is 1. The second-order valence-electron chi connectivity index (χ2n) is 7.67. The summed E-state index contributed by atoms with van der Waals surface area (Å²) in [6, 6.07) is 0. The highest BCUT2D eigenvalue weighted by atomic mass is 16.2. The lowest BCUT2D eigenvalue weighted by molar-refractivity contribution is -0.131. The molecule has 5 rings (SSSR count). The number of amides is 1. The predicted octanol–water partition coefficient (Wildman–Crippen LogP) is 3.43. The van der Waals surface area contributed by atoms with Crippen LogP contribution in [0.3, 0.4) is 0 Å². The predicted molar refractivity (Wildman–Crippen MR) is 75.5 cm³/mol. The van der Waals surface area contributed by atoms with E-state index in [0.717, 1.165) is 37.0 Å². The highest BCUT2D eigenvalue weighted by molar-refractivity contribution is 5.79. The molecule has 0 aromatic carbocycles. The molecule has 1 atom stereocenters. The molecule has 2 heteroatoms. The van der Waals surface area contributed by atoms with Crippen LogP contribution in [0.1, 0.15) is 57.8 Å². The summed E-state index contributed by atoms with van der Waals surface area (Å²) in [6.07, 6.45) is 15.6. The van der Waals surface area contributed by atoms with Crippen molar-refractivity contribution in [2.24, 2.45) is 23.7 Å². The smallest absolute Gasteiger partial charge is 0.223 e. The zero-order valence-corrected chi connectivity index (χ0v) is 11.7. The number of allylic oxidation sites excluding steroid dienone is 2. The molecular formula is C17H25NO. The molecule has 19 heavy (non-hydrogen) atoms. The third kappa shape index (κ3) is 2.13. The first-order valence-corrected chi connectivity index (χ1v) is 8.19. The van der Waals surface area contributed by atoms with Gasteiger partial charge in [0, 0.05) is 11.5 Å². The Morgan fingerprint density at radius 1 is 1.00 bits per heavy atom. The fraction of sp³-hybridized carbons (Fsp3) is 0.824. The second-order valence-corrected chi connectivity index (χ2v) is 7.67. The Balaban J connectivity index is 1.47. The summed E-state index contributed by atoms with van der Waals surface area (Å²) in [5.74, 6) is 3.35. The van der Waals surface area contributed by atoms with E-state index < -0.39 is 0 Å². The Kier molecular flexibility index (Phi) is 2.75. The van der Waals surface area contributed by atoms with E-state index in [0.29, 0.717) is 5.91 Å². The summed E-state index contributed by atoms with van der Waals surface area (Å²) in [4.78, 5) is 12.5. The largest absolute Gasteiger partial charge is 0.350 e. The van der Waals surface area contributed by atoms with Gasteiger partial charge in [-0.1, -0.05) is 12.2 Å². The van der Waals surface area contributed by atoms with E-state index in [1.165, 1.54) is 38.5 Å². The number of hydrogen-bond acceptors (Lipinski definition) is 1. The van der Waals surface area contributed by atoms with Crippen LogP contribution in [-0.4, -0.2) is 11.4 Å². The van der Waals surface area contributed by atoms with Crippen molar-refractivity contribution in [2.75, 3.05) is 0 Å². The number of hydrogen-bond donors (Lipinski definition) is 1. The lowest BCUT2D eigenvalue weighted by Crippen LogP contribution is -2.60. The van der Waals surface area contributed by atoms with E-state index in [1.54, 1.807) is 0 Å². The van der Waals surface area contributed by atoms with Gasteiger partial charge < -0.3 is 5.32 Å². The minimum absolute atomic E-state index is 0.201. The molecule has 2 nitrogen and oxygen atoms in total. The van der Waals surface area contributed by atoms with E-state index in [4.69, 9.17) is 0 Å². The number of nitrogens with one attached hydrogen (secondary N) is 1. The van der Waals surface area contributed by atoms with Crippen molar-refractivity contribution in [3.63, 3.8) is 0 Å². The van der Waals surface area contributed by atoms with Crippen molar-refractivity contribution < 1.29 is 4.79 Å². The number of rotatable bonds is 2. The van der Waals surface area contributed by atoms with Gasteiger partial charge in [0.2, 0.25) is 5.91 Å². The quantitative estimate of drug-likeness (QED) is 0.756. The second kappa shape index (κ2) is 4.36. The third-order valence-electron chi connectivity index (χ3n) is 6.07. The SMILES string of the molecule is O=C(NC12CC3CC(CC(C3)C1)C2)C1CC=CCC1. The van der Waals surface area contributed by atoms with Gasteiger partial charge in [-0.25, -0.2) is 0 Å². The van der Waals surface area contributed by atoms with Gasteiger partial charge in [-0.3, -0.25) is 4.79 Å². The highest BCUT2D eigenvalue weighted by Gasteiger charge is 2.51. The van der Waals surface area contributed by atoms with E-state index >= 15 is 0 Å². The molecule has 4 saturated carbocycles. The Labute approximate surface area is 116 Å². The van der Waals surface area contributed by atoms with Crippen molar-refractivity contribution in [1.29, 1.82) is 0 Å². The fourth-order valence-electron chi connectivity index (χ4n) is 5.66. The van der Waals surface area contributed by atoms with Crippen LogP contribution in [0.4, 0.5) is 0 Å². The molecule has 5 aliphatic rings. The highest BCUT2D eigenvalue weighted by Crippen LogP contribution is 2.55. The van der Waals surface area contributed by atoms with Crippen LogP contribution < -0.4 is 5.32 Å². The molecule has 0 aliphatic heterocycles. The monoisotopic (exact) mass is 259 g/mol. The van der Waals surface area contributed by atoms with E-state index in [9.17, 15) is 4.79 Å². The Hall–Kier alpha value is -0.790. The molecule has 4 bridgehead atoms. The van der Waals surface area contributed by atoms with Gasteiger partial charge in [0.25, 0.3) is 0 Å². The van der Waals surface area contributed by atoms with Gasteiger partial charge in [-0.05, 0) is 75.5 Å². The summed E-state index contributed by atoms with van der Waals surface area (Å²) in [6.45, 7) is 0. The molecular weight excluding hydrogens is 234 g/mol. The summed E-state index contributed by atoms with van der Waals surface area (Å²) < 4.78 is 0. The van der Waals surface area contributed by atoms with Crippen molar-refractivity contribution >= 4 is 5.91 Å². The summed E-state index contributed by atoms with van der Waals surface area (Å²) in [7, 11) is 0. The molecule has 0 aromatic heterocycles. The van der Waals surface area contributed by atoms with Crippen LogP contribution in [0.2, 0.25) is 0 Å². The fourth-order valence-corrected chi connectivity index (χ4v) is 5.66. The van der Waals surface area contributed by atoms with E-state index in [-0.39, 0.29) is 11.5 Å². The van der Waals surface area contributed by atoms with Crippen LogP contribution in [0.15, 0.2) is 12.2 Å². The molecule has 4 fully saturated rings. The summed E-state index contributed by atoms with van der Waals surface area (Å²) in [5.41, 5.74) is 0.201. The Morgan fingerprint density at radius 2 is 1.63 bits per heavy atom. The first kappa shape index (κ1) is 12.0. The van der Waals surface area contributed by atoms with Crippen molar-refractivity contribution in [3.8, 4) is 0 Å². The molecule has 1 N–H and O–H groups in total. The average Bonchev–Trinajstić information content (AvgIpc) is 2.37. The number of carbonyl (C=O) groups excluding carboxylic acids is 1. The zero-order valence-electron chi connectivity index (χ0n) is 11.7. The van der Waals surface area contributed by atoms with Gasteiger partial charge in [-0.15, -0.1) is 0 Å². The molecule has 0 heterocycles. The summed E-state index contributed by atoms with van der Waals surface area (Å²) in [5, 5.41) is 3.52. The van der Waals surface area contributed by atoms with Gasteiger partial charge in [0.05, 0.1) is 0 Å². The average molecular weight is 259 g/mol. The maximum atomic E-state index is 12.5. The zero-order chi connectivity index (χ0) is 12.9. The Morgan fingerprint density at radius 3 is 2.16 bits per heavy atom. The van der Waals surface area contributed by atoms with Crippen molar-refractivity contribution in [3.05, 3.63) is 12.2 Å². The minimum atomic E-state index is 0.201. The van der Waals surface area contributed by atoms with Gasteiger partial charge in [-0.2, -0.15) is 0 Å². The van der Waals surface area contributed by atoms with Crippen LogP contribution >= 0.6 is 0 Å². The molecule has 0 spiro atoms. The molecule has 0 radical (unpaired) electrons. The van der Waals surface area contributed by atoms with Crippen LogP contribution in [0.5, 0.6) is 0 Å². The van der Waals surface area contributed by atoms with Crippen molar-refractivity contribution in [1.82, 2.24) is 5.32 Å². The topological polar surface area (TPSA) is 29.1 Å². The van der Waals surface area contributed by atoms with Crippen LogP contribution in [0.25, 0.3) is 0 Å². The maximum absolute atomic E-state index is 12.5. The first-order chi connectivity index (χ1) is 9.22. The molecule has 0 aromatic rings. The molecule has 0 saturated heterocycles. The van der Waals surface area contributed by atoms with E-state index in [2.05, 4.69) is 17.5 Å². The lowest BCUT2D eigenvalue weighted by atomic mass is 9.53. The van der Waals surface area contributed by atoms with Crippen molar-refractivity contribution in [2.45, 2.75) is 63.3 Å². The standard InChI is InChI=1S/C17H25NO/c19-16(15-4-2-1-3-5-15)18-17-9-12-6-13(10-17)8-14(7-12)11-17/h1-2,12-15H,3-11H2,(H,18,19). The van der Waals surface area contributed by atoms with Gasteiger partial charge in [0.1, 0.15) is 0 Å². The normalized spacial score (nSPS) is 47.4. The summed E-state index contributed by atoms with van der Waals surface area (Å²) >= 11 is 0. The molecule has 1 amide bonds. The van der Waals surface area contributed by atoms with Crippen LogP contribution in [0, 0.1) is 23.7 Å².